The van der Waals surface area contributed by atoms with E-state index in [9.17, 15) is 4.39 Å². The molecular formula is C22H20ClFN2O3S. The zero-order valence-electron chi connectivity index (χ0n) is 16.7. The van der Waals surface area contributed by atoms with E-state index in [4.69, 9.17) is 25.8 Å². The summed E-state index contributed by atoms with van der Waals surface area (Å²) in [7, 11) is 1.58. The van der Waals surface area contributed by atoms with Crippen molar-refractivity contribution in [2.45, 2.75) is 20.0 Å². The van der Waals surface area contributed by atoms with Crippen LogP contribution in [0.3, 0.4) is 0 Å². The molecule has 0 radical (unpaired) electrons. The molecule has 0 aliphatic carbocycles. The minimum atomic E-state index is -0.460. The van der Waals surface area contributed by atoms with E-state index in [1.165, 1.54) is 17.4 Å². The number of hydrogen-bond acceptors (Lipinski definition) is 6. The molecule has 0 fully saturated rings. The molecule has 0 saturated heterocycles. The molecule has 4 rings (SSSR count). The van der Waals surface area contributed by atoms with Crippen LogP contribution in [0, 0.1) is 5.82 Å². The Morgan fingerprint density at radius 2 is 2.03 bits per heavy atom. The lowest BCUT2D eigenvalue weighted by molar-refractivity contribution is 0.0894. The Bertz CT molecular complexity index is 1210. The van der Waals surface area contributed by atoms with Gasteiger partial charge in [-0.05, 0) is 32.0 Å². The fraction of sp³-hybridized carbons (Fsp3) is 0.273. The van der Waals surface area contributed by atoms with E-state index in [2.05, 4.69) is 9.97 Å². The highest BCUT2D eigenvalue weighted by Gasteiger charge is 2.16. The molecule has 4 aromatic rings. The van der Waals surface area contributed by atoms with Gasteiger partial charge in [0, 0.05) is 35.2 Å². The molecule has 2 heterocycles. The number of aromatic nitrogens is 2. The molecule has 0 spiro atoms. The lowest BCUT2D eigenvalue weighted by atomic mass is 10.1. The predicted molar refractivity (Wildman–Crippen MR) is 118 cm³/mol. The summed E-state index contributed by atoms with van der Waals surface area (Å²) in [4.78, 5) is 9.17. The number of thiazole rings is 1. The van der Waals surface area contributed by atoms with E-state index in [0.717, 1.165) is 21.2 Å². The second-order valence-electron chi connectivity index (χ2n) is 6.78. The fourth-order valence-corrected chi connectivity index (χ4v) is 4.44. The molecule has 0 saturated carbocycles. The van der Waals surface area contributed by atoms with Crippen molar-refractivity contribution >= 4 is 44.1 Å². The Balaban J connectivity index is 1.78. The first kappa shape index (κ1) is 20.8. The maximum absolute atomic E-state index is 14.5. The molecule has 0 aliphatic rings. The van der Waals surface area contributed by atoms with Crippen LogP contribution in [-0.4, -0.2) is 36.4 Å². The largest absolute Gasteiger partial charge is 0.492 e. The smallest absolute Gasteiger partial charge is 0.167 e. The molecule has 0 N–H and O–H groups in total. The summed E-state index contributed by atoms with van der Waals surface area (Å²) in [5.41, 5.74) is 2.10. The van der Waals surface area contributed by atoms with Gasteiger partial charge in [-0.2, -0.15) is 0 Å². The van der Waals surface area contributed by atoms with Crippen molar-refractivity contribution < 1.29 is 18.6 Å². The van der Waals surface area contributed by atoms with Crippen LogP contribution in [0.2, 0.25) is 5.02 Å². The van der Waals surface area contributed by atoms with E-state index in [1.54, 1.807) is 19.4 Å². The zero-order valence-corrected chi connectivity index (χ0v) is 18.3. The Kier molecular flexibility index (Phi) is 6.04. The van der Waals surface area contributed by atoms with Crippen LogP contribution in [0.1, 0.15) is 13.8 Å². The first-order valence-corrected chi connectivity index (χ1v) is 10.7. The third kappa shape index (κ3) is 4.19. The van der Waals surface area contributed by atoms with Crippen molar-refractivity contribution in [2.75, 3.05) is 20.3 Å². The fourth-order valence-electron chi connectivity index (χ4n) is 3.22. The van der Waals surface area contributed by atoms with Crippen molar-refractivity contribution in [3.63, 3.8) is 0 Å². The van der Waals surface area contributed by atoms with Crippen molar-refractivity contribution in [1.29, 1.82) is 0 Å². The van der Waals surface area contributed by atoms with Crippen LogP contribution < -0.4 is 9.47 Å². The number of methoxy groups -OCH3 is 1. The molecule has 30 heavy (non-hydrogen) atoms. The molecule has 8 heteroatoms. The lowest BCUT2D eigenvalue weighted by Gasteiger charge is -2.14. The van der Waals surface area contributed by atoms with Gasteiger partial charge < -0.3 is 14.2 Å². The highest BCUT2D eigenvalue weighted by atomic mass is 35.5. The monoisotopic (exact) mass is 446 g/mol. The highest BCUT2D eigenvalue weighted by Crippen LogP contribution is 2.38. The van der Waals surface area contributed by atoms with E-state index < -0.39 is 5.82 Å². The maximum atomic E-state index is 14.5. The number of pyridine rings is 1. The SMILES string of the molecule is CCOc1cnc2c(-c3nc4cc(F)c(OC(C)COC)cc4s3)cc(Cl)cc2c1. The van der Waals surface area contributed by atoms with E-state index in [-0.39, 0.29) is 11.9 Å². The van der Waals surface area contributed by atoms with Crippen LogP contribution in [0.5, 0.6) is 11.5 Å². The van der Waals surface area contributed by atoms with Crippen molar-refractivity contribution in [1.82, 2.24) is 9.97 Å². The Morgan fingerprint density at radius 1 is 1.20 bits per heavy atom. The average Bonchev–Trinajstić information content (AvgIpc) is 3.10. The number of benzene rings is 2. The summed E-state index contributed by atoms with van der Waals surface area (Å²) >= 11 is 7.79. The summed E-state index contributed by atoms with van der Waals surface area (Å²) in [6.45, 7) is 4.67. The molecular weight excluding hydrogens is 427 g/mol. The molecule has 2 aromatic carbocycles. The molecule has 0 aliphatic heterocycles. The Morgan fingerprint density at radius 3 is 2.80 bits per heavy atom. The van der Waals surface area contributed by atoms with Gasteiger partial charge in [0.25, 0.3) is 0 Å². The van der Waals surface area contributed by atoms with Gasteiger partial charge in [-0.15, -0.1) is 11.3 Å². The Hall–Kier alpha value is -2.48. The molecule has 5 nitrogen and oxygen atoms in total. The van der Waals surface area contributed by atoms with Gasteiger partial charge in [0.1, 0.15) is 16.9 Å². The third-order valence-electron chi connectivity index (χ3n) is 4.44. The first-order chi connectivity index (χ1) is 14.5. The second kappa shape index (κ2) is 8.71. The quantitative estimate of drug-likeness (QED) is 0.342. The van der Waals surface area contributed by atoms with E-state index >= 15 is 0 Å². The van der Waals surface area contributed by atoms with E-state index in [1.807, 2.05) is 32.0 Å². The van der Waals surface area contributed by atoms with Gasteiger partial charge in [0.05, 0.1) is 35.1 Å². The predicted octanol–water partition coefficient (Wildman–Crippen LogP) is 6.12. The number of nitrogens with zero attached hydrogens (tertiary/aromatic N) is 2. The summed E-state index contributed by atoms with van der Waals surface area (Å²) in [6, 6.07) is 8.62. The molecule has 156 valence electrons. The van der Waals surface area contributed by atoms with Gasteiger partial charge >= 0.3 is 0 Å². The second-order valence-corrected chi connectivity index (χ2v) is 8.25. The van der Waals surface area contributed by atoms with Crippen molar-refractivity contribution in [3.8, 4) is 22.1 Å². The number of ether oxygens (including phenoxy) is 3. The van der Waals surface area contributed by atoms with Crippen LogP contribution in [0.25, 0.3) is 31.7 Å². The number of hydrogen-bond donors (Lipinski definition) is 0. The average molecular weight is 447 g/mol. The number of halogens is 2. The lowest BCUT2D eigenvalue weighted by Crippen LogP contribution is -2.18. The molecule has 1 unspecified atom stereocenters. The Labute approximate surface area is 182 Å². The summed E-state index contributed by atoms with van der Waals surface area (Å²) < 4.78 is 31.6. The van der Waals surface area contributed by atoms with Crippen LogP contribution >= 0.6 is 22.9 Å². The minimum Gasteiger partial charge on any atom is -0.492 e. The van der Waals surface area contributed by atoms with Gasteiger partial charge in [0.15, 0.2) is 11.6 Å². The highest BCUT2D eigenvalue weighted by molar-refractivity contribution is 7.21. The summed E-state index contributed by atoms with van der Waals surface area (Å²) in [6.07, 6.45) is 1.41. The van der Waals surface area contributed by atoms with Gasteiger partial charge in [-0.25, -0.2) is 9.37 Å². The molecule has 0 bridgehead atoms. The van der Waals surface area contributed by atoms with E-state index in [0.29, 0.717) is 34.5 Å². The van der Waals surface area contributed by atoms with Crippen molar-refractivity contribution in [3.05, 3.63) is 47.4 Å². The van der Waals surface area contributed by atoms with Gasteiger partial charge in [-0.3, -0.25) is 4.98 Å². The van der Waals surface area contributed by atoms with Crippen molar-refractivity contribution in [2.24, 2.45) is 0 Å². The molecule has 1 atom stereocenters. The molecule has 0 amide bonds. The summed E-state index contributed by atoms with van der Waals surface area (Å²) in [5.74, 6) is 0.395. The first-order valence-electron chi connectivity index (χ1n) is 9.46. The standard InChI is InChI=1S/C22H20ClFN2O3S/c1-4-28-15-6-13-5-14(23)7-16(21(13)25-10-15)22-26-18-8-17(24)19(9-20(18)30-22)29-12(2)11-27-3/h5-10,12H,4,11H2,1-3H3. The van der Waals surface area contributed by atoms with Crippen LogP contribution in [0.15, 0.2) is 36.5 Å². The van der Waals surface area contributed by atoms with Gasteiger partial charge in [0.2, 0.25) is 0 Å². The topological polar surface area (TPSA) is 53.5 Å². The summed E-state index contributed by atoms with van der Waals surface area (Å²) in [5, 5.41) is 2.12. The van der Waals surface area contributed by atoms with Crippen LogP contribution in [-0.2, 0) is 4.74 Å². The normalized spacial score (nSPS) is 12.4. The maximum Gasteiger partial charge on any atom is 0.167 e. The van der Waals surface area contributed by atoms with Gasteiger partial charge in [-0.1, -0.05) is 11.6 Å². The minimum absolute atomic E-state index is 0.178. The van der Waals surface area contributed by atoms with Crippen LogP contribution in [0.4, 0.5) is 4.39 Å². The number of fused-ring (bicyclic) bond motifs is 2. The third-order valence-corrected chi connectivity index (χ3v) is 5.71. The molecule has 2 aromatic heterocycles. The zero-order chi connectivity index (χ0) is 21.3. The number of rotatable bonds is 7.